The van der Waals surface area contributed by atoms with E-state index in [2.05, 4.69) is 15.0 Å². The Morgan fingerprint density at radius 1 is 1.30 bits per heavy atom. The fourth-order valence-corrected chi connectivity index (χ4v) is 3.37. The third kappa shape index (κ3) is 3.21. The molecule has 0 aromatic carbocycles. The summed E-state index contributed by atoms with van der Waals surface area (Å²) in [6.07, 6.45) is 0. The maximum absolute atomic E-state index is 12.7. The van der Waals surface area contributed by atoms with E-state index in [-0.39, 0.29) is 41.7 Å². The summed E-state index contributed by atoms with van der Waals surface area (Å²) in [4.78, 5) is 45.4. The first-order chi connectivity index (χ1) is 13.1. The monoisotopic (exact) mass is 375 g/mol. The number of nitrogens with zero attached hydrogens (tertiary/aromatic N) is 4. The first-order valence-electron chi connectivity index (χ1n) is 8.99. The van der Waals surface area contributed by atoms with Gasteiger partial charge in [-0.1, -0.05) is 0 Å². The molecular weight excluding hydrogens is 354 g/mol. The molecule has 2 aromatic heterocycles. The summed E-state index contributed by atoms with van der Waals surface area (Å²) in [6, 6.07) is 1.42. The average molecular weight is 375 g/mol. The minimum atomic E-state index is -0.568. The molecule has 0 saturated carbocycles. The van der Waals surface area contributed by atoms with Gasteiger partial charge in [0.15, 0.2) is 5.65 Å². The highest BCUT2D eigenvalue weighted by Crippen LogP contribution is 2.19. The van der Waals surface area contributed by atoms with Crippen molar-refractivity contribution in [2.75, 3.05) is 46.0 Å². The van der Waals surface area contributed by atoms with Gasteiger partial charge >= 0.3 is 5.97 Å². The Bertz CT molecular complexity index is 943. The molecule has 2 aliphatic rings. The van der Waals surface area contributed by atoms with E-state index in [9.17, 15) is 14.4 Å². The van der Waals surface area contributed by atoms with Crippen molar-refractivity contribution >= 4 is 17.5 Å². The van der Waals surface area contributed by atoms with Gasteiger partial charge in [-0.2, -0.15) is 0 Å². The molecule has 0 unspecified atom stereocenters. The number of carbonyl (C=O) groups excluding carboxylic acids is 2. The quantitative estimate of drug-likeness (QED) is 0.701. The molecule has 144 valence electrons. The summed E-state index contributed by atoms with van der Waals surface area (Å²) in [7, 11) is 0. The van der Waals surface area contributed by atoms with E-state index < -0.39 is 5.97 Å². The van der Waals surface area contributed by atoms with Gasteiger partial charge in [0.1, 0.15) is 11.4 Å². The van der Waals surface area contributed by atoms with Gasteiger partial charge in [0.05, 0.1) is 31.9 Å². The highest BCUT2D eigenvalue weighted by Gasteiger charge is 2.33. The minimum Gasteiger partial charge on any atom is -0.461 e. The summed E-state index contributed by atoms with van der Waals surface area (Å²) in [5.74, 6) is -0.822. The number of hydrogen-bond donors (Lipinski definition) is 1. The Hall–Kier alpha value is -2.72. The maximum atomic E-state index is 12.7. The van der Waals surface area contributed by atoms with Gasteiger partial charge in [0.25, 0.3) is 11.5 Å². The molecule has 10 heteroatoms. The fourth-order valence-electron chi connectivity index (χ4n) is 3.37. The van der Waals surface area contributed by atoms with Crippen molar-refractivity contribution in [3.05, 3.63) is 33.4 Å². The molecule has 4 heterocycles. The van der Waals surface area contributed by atoms with Crippen molar-refractivity contribution in [2.24, 2.45) is 0 Å². The maximum Gasteiger partial charge on any atom is 0.356 e. The van der Waals surface area contributed by atoms with Crippen molar-refractivity contribution in [1.82, 2.24) is 24.4 Å². The number of aromatic nitrogens is 3. The van der Waals surface area contributed by atoms with Gasteiger partial charge in [-0.15, -0.1) is 0 Å². The topological polar surface area (TPSA) is 109 Å². The Kier molecular flexibility index (Phi) is 4.66. The van der Waals surface area contributed by atoms with Gasteiger partial charge < -0.3 is 14.4 Å². The highest BCUT2D eigenvalue weighted by atomic mass is 16.5. The number of fused-ring (bicyclic) bond motifs is 2. The normalized spacial score (nSPS) is 17.5. The zero-order valence-electron chi connectivity index (χ0n) is 15.1. The molecule has 0 bridgehead atoms. The molecule has 1 saturated heterocycles. The second-order valence-corrected chi connectivity index (χ2v) is 6.51. The lowest BCUT2D eigenvalue weighted by atomic mass is 10.2. The number of rotatable bonds is 5. The van der Waals surface area contributed by atoms with Crippen LogP contribution in [-0.2, 0) is 16.0 Å². The second-order valence-electron chi connectivity index (χ2n) is 6.51. The van der Waals surface area contributed by atoms with Gasteiger partial charge in [-0.3, -0.25) is 19.6 Å². The van der Waals surface area contributed by atoms with Gasteiger partial charge in [0.2, 0.25) is 0 Å². The summed E-state index contributed by atoms with van der Waals surface area (Å²) < 4.78 is 11.4. The van der Waals surface area contributed by atoms with E-state index >= 15 is 0 Å². The van der Waals surface area contributed by atoms with Crippen LogP contribution in [0.4, 0.5) is 0 Å². The lowest BCUT2D eigenvalue weighted by molar-refractivity contribution is 0.0327. The molecule has 1 amide bonds. The lowest BCUT2D eigenvalue weighted by Crippen LogP contribution is -2.41. The van der Waals surface area contributed by atoms with E-state index in [1.807, 2.05) is 0 Å². The molecule has 0 spiro atoms. The van der Waals surface area contributed by atoms with Crippen LogP contribution in [0.3, 0.4) is 0 Å². The first kappa shape index (κ1) is 17.7. The summed E-state index contributed by atoms with van der Waals surface area (Å²) >= 11 is 0. The predicted molar refractivity (Wildman–Crippen MR) is 93.8 cm³/mol. The number of morpholine rings is 1. The van der Waals surface area contributed by atoms with Crippen LogP contribution in [0.25, 0.3) is 5.65 Å². The summed E-state index contributed by atoms with van der Waals surface area (Å²) in [5.41, 5.74) is 0.493. The number of carbonyl (C=O) groups is 2. The molecule has 0 aliphatic carbocycles. The molecule has 4 rings (SSSR count). The number of aromatic amines is 1. The van der Waals surface area contributed by atoms with E-state index in [4.69, 9.17) is 9.47 Å². The zero-order chi connectivity index (χ0) is 19.0. The third-order valence-corrected chi connectivity index (χ3v) is 4.83. The first-order valence-corrected chi connectivity index (χ1v) is 8.99. The second kappa shape index (κ2) is 7.12. The van der Waals surface area contributed by atoms with E-state index in [1.54, 1.807) is 11.8 Å². The molecule has 1 N–H and O–H groups in total. The van der Waals surface area contributed by atoms with Crippen LogP contribution in [0.2, 0.25) is 0 Å². The number of H-pyrrole nitrogens is 1. The van der Waals surface area contributed by atoms with Crippen LogP contribution >= 0.6 is 0 Å². The molecule has 2 aromatic rings. The van der Waals surface area contributed by atoms with Crippen LogP contribution < -0.4 is 5.56 Å². The Balaban J connectivity index is 1.55. The number of nitrogens with one attached hydrogen (secondary N) is 1. The van der Waals surface area contributed by atoms with Crippen molar-refractivity contribution in [3.63, 3.8) is 0 Å². The minimum absolute atomic E-state index is 0.127. The number of amides is 1. The summed E-state index contributed by atoms with van der Waals surface area (Å²) in [6.45, 7) is 6.49. The molecular formula is C17H21N5O5. The Morgan fingerprint density at radius 3 is 2.81 bits per heavy atom. The smallest absolute Gasteiger partial charge is 0.356 e. The van der Waals surface area contributed by atoms with Crippen LogP contribution in [0, 0.1) is 0 Å². The average Bonchev–Trinajstić information content (AvgIpc) is 3.24. The third-order valence-electron chi connectivity index (χ3n) is 4.83. The van der Waals surface area contributed by atoms with Gasteiger partial charge in [-0.25, -0.2) is 14.3 Å². The number of hydrogen-bond acceptors (Lipinski definition) is 7. The van der Waals surface area contributed by atoms with Crippen LogP contribution in [0.5, 0.6) is 0 Å². The van der Waals surface area contributed by atoms with Crippen molar-refractivity contribution in [3.8, 4) is 0 Å². The molecule has 0 atom stereocenters. The highest BCUT2D eigenvalue weighted by molar-refractivity contribution is 5.97. The van der Waals surface area contributed by atoms with Crippen LogP contribution in [-0.4, -0.2) is 82.3 Å². The van der Waals surface area contributed by atoms with Crippen molar-refractivity contribution in [1.29, 1.82) is 0 Å². The van der Waals surface area contributed by atoms with Gasteiger partial charge in [0, 0.05) is 32.2 Å². The predicted octanol–water partition coefficient (Wildman–Crippen LogP) is -0.513. The van der Waals surface area contributed by atoms with Crippen molar-refractivity contribution in [2.45, 2.75) is 13.5 Å². The molecule has 10 nitrogen and oxygen atoms in total. The standard InChI is InChI=1S/C17H21N5O5/c1-2-27-17(25)12-9-13-18-14-11(15(23)22(13)19-12)10-21(16(14)24)4-3-20-5-7-26-8-6-20/h9,19H,2-8,10H2,1H3. The molecule has 2 aliphatic heterocycles. The van der Waals surface area contributed by atoms with E-state index in [0.717, 1.165) is 19.6 Å². The molecule has 1 fully saturated rings. The van der Waals surface area contributed by atoms with Crippen LogP contribution in [0.15, 0.2) is 10.9 Å². The number of ether oxygens (including phenoxy) is 2. The fraction of sp³-hybridized carbons (Fsp3) is 0.529. The molecule has 27 heavy (non-hydrogen) atoms. The Morgan fingerprint density at radius 2 is 2.07 bits per heavy atom. The van der Waals surface area contributed by atoms with E-state index in [0.29, 0.717) is 25.3 Å². The van der Waals surface area contributed by atoms with Crippen molar-refractivity contribution < 1.29 is 19.1 Å². The summed E-state index contributed by atoms with van der Waals surface area (Å²) in [5, 5.41) is 2.71. The Labute approximate surface area is 154 Å². The molecule has 0 radical (unpaired) electrons. The SMILES string of the molecule is CCOC(=O)c1cc2nc3c(c(=O)n2[nH]1)CN(CCN1CCOCC1)C3=O. The number of esters is 1. The van der Waals surface area contributed by atoms with Crippen LogP contribution in [0.1, 0.15) is 33.5 Å². The van der Waals surface area contributed by atoms with Gasteiger partial charge in [-0.05, 0) is 6.92 Å². The van der Waals surface area contributed by atoms with E-state index in [1.165, 1.54) is 10.6 Å². The largest absolute Gasteiger partial charge is 0.461 e. The lowest BCUT2D eigenvalue weighted by Gasteiger charge is -2.28. The zero-order valence-corrected chi connectivity index (χ0v) is 15.1.